The van der Waals surface area contributed by atoms with E-state index in [0.29, 0.717) is 0 Å². The summed E-state index contributed by atoms with van der Waals surface area (Å²) in [7, 11) is 0. The van der Waals surface area contributed by atoms with E-state index in [0.717, 1.165) is 43.9 Å². The van der Waals surface area contributed by atoms with Crippen LogP contribution in [0.5, 0.6) is 5.75 Å². The summed E-state index contributed by atoms with van der Waals surface area (Å²) in [5.74, 6) is 0.977. The van der Waals surface area contributed by atoms with Crippen LogP contribution in [0.15, 0.2) is 53.5 Å². The van der Waals surface area contributed by atoms with Crippen LogP contribution in [0.3, 0.4) is 0 Å². The molecule has 0 N–H and O–H groups in total. The van der Waals surface area contributed by atoms with Crippen molar-refractivity contribution in [3.8, 4) is 5.75 Å². The Bertz CT molecular complexity index is 822. The molecule has 0 fully saturated rings. The van der Waals surface area contributed by atoms with E-state index in [1.54, 1.807) is 0 Å². The molecule has 0 aliphatic carbocycles. The Hall–Kier alpha value is -2.35. The molecule has 0 saturated heterocycles. The summed E-state index contributed by atoms with van der Waals surface area (Å²) >= 11 is 0. The molecule has 0 bridgehead atoms. The molecule has 1 heterocycles. The van der Waals surface area contributed by atoms with Crippen LogP contribution in [0.4, 0.5) is 0 Å². The number of fused-ring (bicyclic) bond motifs is 1. The highest BCUT2D eigenvalue weighted by molar-refractivity contribution is 6.12. The van der Waals surface area contributed by atoms with Crippen LogP contribution in [-0.2, 0) is 11.8 Å². The fourth-order valence-electron chi connectivity index (χ4n) is 3.24. The Labute approximate surface area is 164 Å². The molecule has 0 aromatic heterocycles. The van der Waals surface area contributed by atoms with Gasteiger partial charge in [-0.3, -0.25) is 4.99 Å². The van der Waals surface area contributed by atoms with Gasteiger partial charge < -0.3 is 4.74 Å². The number of hydrogen-bond acceptors (Lipinski definition) is 2. The van der Waals surface area contributed by atoms with Gasteiger partial charge in [-0.15, -0.1) is 0 Å². The minimum Gasteiger partial charge on any atom is -0.494 e. The lowest BCUT2D eigenvalue weighted by Gasteiger charge is -2.19. The number of unbranched alkanes of at least 4 members (excludes halogenated alkanes) is 1. The molecule has 0 saturated carbocycles. The van der Waals surface area contributed by atoms with Gasteiger partial charge in [0.25, 0.3) is 0 Å². The molecule has 2 aromatic carbocycles. The number of hydrogen-bond donors (Lipinski definition) is 0. The summed E-state index contributed by atoms with van der Waals surface area (Å²) in [6, 6.07) is 15.2. The van der Waals surface area contributed by atoms with Gasteiger partial charge in [-0.2, -0.15) is 0 Å². The second kappa shape index (κ2) is 8.56. The van der Waals surface area contributed by atoms with Gasteiger partial charge in [-0.1, -0.05) is 64.5 Å². The summed E-state index contributed by atoms with van der Waals surface area (Å²) in [6.07, 6.45) is 7.54. The van der Waals surface area contributed by atoms with Crippen LogP contribution in [-0.4, -0.2) is 18.9 Å². The zero-order valence-electron chi connectivity index (χ0n) is 17.1. The normalized spacial score (nSPS) is 14.1. The summed E-state index contributed by atoms with van der Waals surface area (Å²) in [5, 5.41) is 0. The van der Waals surface area contributed by atoms with Gasteiger partial charge in [0, 0.05) is 12.1 Å². The van der Waals surface area contributed by atoms with Crippen LogP contribution in [0.25, 0.3) is 6.08 Å². The van der Waals surface area contributed by atoms with E-state index >= 15 is 0 Å². The van der Waals surface area contributed by atoms with E-state index in [1.165, 1.54) is 22.3 Å². The largest absolute Gasteiger partial charge is 0.494 e. The number of nitrogens with zero attached hydrogens (tertiary/aromatic N) is 1. The molecule has 1 aliphatic heterocycles. The molecule has 0 radical (unpaired) electrons. The van der Waals surface area contributed by atoms with Gasteiger partial charge >= 0.3 is 0 Å². The average Bonchev–Trinajstić information content (AvgIpc) is 2.66. The quantitative estimate of drug-likeness (QED) is 0.560. The van der Waals surface area contributed by atoms with Gasteiger partial charge in [0.15, 0.2) is 0 Å². The van der Waals surface area contributed by atoms with Crippen molar-refractivity contribution in [3.63, 3.8) is 0 Å². The third-order valence-corrected chi connectivity index (χ3v) is 4.99. The van der Waals surface area contributed by atoms with Crippen molar-refractivity contribution < 1.29 is 4.74 Å². The lowest BCUT2D eigenvalue weighted by atomic mass is 9.86. The monoisotopic (exact) mass is 361 g/mol. The summed E-state index contributed by atoms with van der Waals surface area (Å²) < 4.78 is 5.86. The van der Waals surface area contributed by atoms with Crippen LogP contribution in [0, 0.1) is 0 Å². The van der Waals surface area contributed by atoms with Crippen molar-refractivity contribution in [1.82, 2.24) is 0 Å². The highest BCUT2D eigenvalue weighted by Gasteiger charge is 2.14. The Morgan fingerprint density at radius 2 is 1.81 bits per heavy atom. The number of aliphatic imine (C=N–C) groups is 1. The molecule has 27 heavy (non-hydrogen) atoms. The first kappa shape index (κ1) is 19.4. The van der Waals surface area contributed by atoms with Crippen molar-refractivity contribution in [3.05, 3.63) is 70.8 Å². The lowest BCUT2D eigenvalue weighted by molar-refractivity contribution is 0.309. The van der Waals surface area contributed by atoms with E-state index < -0.39 is 0 Å². The molecule has 0 unspecified atom stereocenters. The molecule has 0 spiro atoms. The van der Waals surface area contributed by atoms with Crippen LogP contribution < -0.4 is 4.74 Å². The maximum Gasteiger partial charge on any atom is 0.119 e. The molecule has 142 valence electrons. The summed E-state index contributed by atoms with van der Waals surface area (Å²) in [5.41, 5.74) is 6.38. The van der Waals surface area contributed by atoms with E-state index in [4.69, 9.17) is 9.73 Å². The van der Waals surface area contributed by atoms with E-state index in [9.17, 15) is 0 Å². The third-order valence-electron chi connectivity index (χ3n) is 4.99. The first-order valence-corrected chi connectivity index (χ1v) is 10.1. The predicted molar refractivity (Wildman–Crippen MR) is 116 cm³/mol. The first-order valence-electron chi connectivity index (χ1n) is 10.1. The van der Waals surface area contributed by atoms with Crippen LogP contribution in [0.1, 0.15) is 62.8 Å². The number of ether oxygens (including phenoxy) is 1. The maximum absolute atomic E-state index is 5.86. The Kier molecular flexibility index (Phi) is 6.15. The molecule has 2 aromatic rings. The van der Waals surface area contributed by atoms with Gasteiger partial charge in [0.1, 0.15) is 5.75 Å². The SMILES string of the molecule is CCCCOc1ccc2c(c1)CCN=C2/C=C/c1ccc(C(C)(C)C)cc1. The first-order chi connectivity index (χ1) is 13.0. The predicted octanol–water partition coefficient (Wildman–Crippen LogP) is 6.22. The second-order valence-corrected chi connectivity index (χ2v) is 8.24. The molecule has 2 heteroatoms. The van der Waals surface area contributed by atoms with E-state index in [2.05, 4.69) is 82.3 Å². The standard InChI is InChI=1S/C25H31NO/c1-5-6-17-27-22-12-13-23-20(18-22)15-16-26-24(23)14-9-19-7-10-21(11-8-19)25(2,3)4/h7-14,18H,5-6,15-17H2,1-4H3/b14-9+. The van der Waals surface area contributed by atoms with Crippen LogP contribution in [0.2, 0.25) is 0 Å². The molecule has 0 amide bonds. The van der Waals surface area contributed by atoms with E-state index in [-0.39, 0.29) is 5.41 Å². The Morgan fingerprint density at radius 1 is 1.04 bits per heavy atom. The summed E-state index contributed by atoms with van der Waals surface area (Å²) in [4.78, 5) is 4.74. The molecular formula is C25H31NO. The Balaban J connectivity index is 1.73. The Morgan fingerprint density at radius 3 is 2.52 bits per heavy atom. The van der Waals surface area contributed by atoms with Gasteiger partial charge in [-0.05, 0) is 59.2 Å². The van der Waals surface area contributed by atoms with Crippen molar-refractivity contribution >= 4 is 11.8 Å². The lowest BCUT2D eigenvalue weighted by Crippen LogP contribution is -2.11. The van der Waals surface area contributed by atoms with Crippen molar-refractivity contribution in [2.24, 2.45) is 4.99 Å². The fraction of sp³-hybridized carbons (Fsp3) is 0.400. The van der Waals surface area contributed by atoms with Gasteiger partial charge in [0.2, 0.25) is 0 Å². The summed E-state index contributed by atoms with van der Waals surface area (Å²) in [6.45, 7) is 10.5. The van der Waals surface area contributed by atoms with Crippen molar-refractivity contribution in [2.75, 3.05) is 13.2 Å². The molecule has 3 rings (SSSR count). The number of allylic oxidation sites excluding steroid dienone is 1. The zero-order valence-corrected chi connectivity index (χ0v) is 17.1. The number of rotatable bonds is 6. The van der Waals surface area contributed by atoms with Crippen LogP contribution >= 0.6 is 0 Å². The fourth-order valence-corrected chi connectivity index (χ4v) is 3.24. The zero-order chi connectivity index (χ0) is 19.3. The van der Waals surface area contributed by atoms with Crippen molar-refractivity contribution in [1.29, 1.82) is 0 Å². The second-order valence-electron chi connectivity index (χ2n) is 8.24. The minimum atomic E-state index is 0.186. The maximum atomic E-state index is 5.86. The van der Waals surface area contributed by atoms with Crippen molar-refractivity contribution in [2.45, 2.75) is 52.4 Å². The highest BCUT2D eigenvalue weighted by atomic mass is 16.5. The van der Waals surface area contributed by atoms with Gasteiger partial charge in [-0.25, -0.2) is 0 Å². The third kappa shape index (κ3) is 5.09. The topological polar surface area (TPSA) is 21.6 Å². The number of benzene rings is 2. The minimum absolute atomic E-state index is 0.186. The van der Waals surface area contributed by atoms with Gasteiger partial charge in [0.05, 0.1) is 12.3 Å². The van der Waals surface area contributed by atoms with E-state index in [1.807, 2.05) is 0 Å². The molecule has 2 nitrogen and oxygen atoms in total. The molecular weight excluding hydrogens is 330 g/mol. The highest BCUT2D eigenvalue weighted by Crippen LogP contribution is 2.24. The molecule has 1 aliphatic rings. The molecule has 0 atom stereocenters. The average molecular weight is 362 g/mol. The smallest absolute Gasteiger partial charge is 0.119 e.